The summed E-state index contributed by atoms with van der Waals surface area (Å²) in [5, 5.41) is 0.841. The van der Waals surface area contributed by atoms with E-state index in [2.05, 4.69) is 20.9 Å². The van der Waals surface area contributed by atoms with Crippen molar-refractivity contribution in [2.75, 3.05) is 6.54 Å². The van der Waals surface area contributed by atoms with Crippen molar-refractivity contribution in [1.29, 1.82) is 0 Å². The molecular formula is C15H16ClN3. The van der Waals surface area contributed by atoms with E-state index in [1.165, 1.54) is 16.8 Å². The van der Waals surface area contributed by atoms with Crippen molar-refractivity contribution in [2.24, 2.45) is 0 Å². The molecule has 1 aromatic heterocycles. The summed E-state index contributed by atoms with van der Waals surface area (Å²) in [4.78, 5) is 11.2. The standard InChI is InChI=1S/C15H16ClN3/c1-11-17-8-13-10-19(7-6-15(13)18-11)9-12-4-2-3-5-14(12)16/h2-5,8H,6-7,9-10H2,1H3. The molecule has 0 saturated carbocycles. The van der Waals surface area contributed by atoms with Gasteiger partial charge in [0.15, 0.2) is 0 Å². The molecule has 1 aliphatic heterocycles. The second kappa shape index (κ2) is 5.27. The van der Waals surface area contributed by atoms with Gasteiger partial charge in [0.25, 0.3) is 0 Å². The molecule has 2 heterocycles. The Kier molecular flexibility index (Phi) is 3.49. The molecule has 0 radical (unpaired) electrons. The number of hydrogen-bond acceptors (Lipinski definition) is 3. The Hall–Kier alpha value is -1.45. The largest absolute Gasteiger partial charge is 0.294 e. The van der Waals surface area contributed by atoms with Crippen LogP contribution in [0.3, 0.4) is 0 Å². The van der Waals surface area contributed by atoms with Crippen LogP contribution < -0.4 is 0 Å². The average molecular weight is 274 g/mol. The number of aromatic nitrogens is 2. The molecule has 1 aromatic carbocycles. The molecule has 0 fully saturated rings. The minimum atomic E-state index is 0.841. The van der Waals surface area contributed by atoms with Gasteiger partial charge >= 0.3 is 0 Å². The van der Waals surface area contributed by atoms with Crippen LogP contribution in [0.25, 0.3) is 0 Å². The van der Waals surface area contributed by atoms with Crippen molar-refractivity contribution >= 4 is 11.6 Å². The average Bonchev–Trinajstić information content (AvgIpc) is 2.41. The summed E-state index contributed by atoms with van der Waals surface area (Å²) in [5.41, 5.74) is 3.62. The topological polar surface area (TPSA) is 29.0 Å². The monoisotopic (exact) mass is 273 g/mol. The molecule has 4 heteroatoms. The first kappa shape index (κ1) is 12.6. The predicted molar refractivity (Wildman–Crippen MR) is 76.0 cm³/mol. The summed E-state index contributed by atoms with van der Waals surface area (Å²) in [6, 6.07) is 8.03. The van der Waals surface area contributed by atoms with Gasteiger partial charge in [-0.25, -0.2) is 9.97 Å². The fourth-order valence-electron chi connectivity index (χ4n) is 2.48. The lowest BCUT2D eigenvalue weighted by Gasteiger charge is -2.28. The summed E-state index contributed by atoms with van der Waals surface area (Å²) in [7, 11) is 0. The minimum Gasteiger partial charge on any atom is -0.294 e. The maximum Gasteiger partial charge on any atom is 0.125 e. The van der Waals surface area contributed by atoms with Gasteiger partial charge in [-0.15, -0.1) is 0 Å². The normalized spacial score (nSPS) is 15.3. The van der Waals surface area contributed by atoms with Crippen LogP contribution in [0.15, 0.2) is 30.5 Å². The van der Waals surface area contributed by atoms with E-state index in [0.717, 1.165) is 36.9 Å². The molecule has 2 aromatic rings. The Labute approximate surface area is 118 Å². The van der Waals surface area contributed by atoms with Crippen LogP contribution in [0, 0.1) is 6.92 Å². The first-order valence-electron chi connectivity index (χ1n) is 6.49. The highest BCUT2D eigenvalue weighted by atomic mass is 35.5. The summed E-state index contributed by atoms with van der Waals surface area (Å²) < 4.78 is 0. The molecule has 98 valence electrons. The van der Waals surface area contributed by atoms with Crippen molar-refractivity contribution < 1.29 is 0 Å². The van der Waals surface area contributed by atoms with Crippen molar-refractivity contribution in [3.63, 3.8) is 0 Å². The van der Waals surface area contributed by atoms with E-state index in [-0.39, 0.29) is 0 Å². The van der Waals surface area contributed by atoms with Crippen molar-refractivity contribution in [2.45, 2.75) is 26.4 Å². The summed E-state index contributed by atoms with van der Waals surface area (Å²) in [5.74, 6) is 0.860. The van der Waals surface area contributed by atoms with Gasteiger partial charge in [-0.2, -0.15) is 0 Å². The van der Waals surface area contributed by atoms with Crippen LogP contribution in [0.2, 0.25) is 5.02 Å². The molecule has 3 rings (SSSR count). The fraction of sp³-hybridized carbons (Fsp3) is 0.333. The van der Waals surface area contributed by atoms with Gasteiger partial charge < -0.3 is 0 Å². The second-order valence-corrected chi connectivity index (χ2v) is 5.35. The predicted octanol–water partition coefficient (Wildman–Crippen LogP) is 3.00. The molecule has 0 bridgehead atoms. The highest BCUT2D eigenvalue weighted by Crippen LogP contribution is 2.21. The smallest absolute Gasteiger partial charge is 0.125 e. The van der Waals surface area contributed by atoms with Gasteiger partial charge in [0, 0.05) is 48.5 Å². The lowest BCUT2D eigenvalue weighted by Crippen LogP contribution is -2.31. The Bertz CT molecular complexity index is 598. The SMILES string of the molecule is Cc1ncc2c(n1)CCN(Cc1ccccc1Cl)C2. The first-order chi connectivity index (χ1) is 9.22. The van der Waals surface area contributed by atoms with Crippen LogP contribution in [-0.4, -0.2) is 21.4 Å². The highest BCUT2D eigenvalue weighted by Gasteiger charge is 2.18. The molecule has 0 unspecified atom stereocenters. The summed E-state index contributed by atoms with van der Waals surface area (Å²) >= 11 is 6.21. The molecular weight excluding hydrogens is 258 g/mol. The van der Waals surface area contributed by atoms with Gasteiger partial charge in [-0.05, 0) is 18.6 Å². The van der Waals surface area contributed by atoms with Gasteiger partial charge in [0.05, 0.1) is 0 Å². The summed E-state index contributed by atoms with van der Waals surface area (Å²) in [6.07, 6.45) is 2.94. The Morgan fingerprint density at radius 3 is 3.00 bits per heavy atom. The minimum absolute atomic E-state index is 0.841. The molecule has 3 nitrogen and oxygen atoms in total. The molecule has 0 amide bonds. The van der Waals surface area contributed by atoms with E-state index in [1.54, 1.807) is 0 Å². The van der Waals surface area contributed by atoms with Crippen LogP contribution in [0.1, 0.15) is 22.6 Å². The van der Waals surface area contributed by atoms with Gasteiger partial charge in [0.2, 0.25) is 0 Å². The number of aryl methyl sites for hydroxylation is 1. The van der Waals surface area contributed by atoms with Gasteiger partial charge in [-0.3, -0.25) is 4.90 Å². The number of hydrogen-bond donors (Lipinski definition) is 0. The van der Waals surface area contributed by atoms with Gasteiger partial charge in [-0.1, -0.05) is 29.8 Å². The molecule has 0 N–H and O–H groups in total. The lowest BCUT2D eigenvalue weighted by atomic mass is 10.1. The van der Waals surface area contributed by atoms with Crippen LogP contribution >= 0.6 is 11.6 Å². The Morgan fingerprint density at radius 1 is 1.32 bits per heavy atom. The quantitative estimate of drug-likeness (QED) is 0.842. The number of fused-ring (bicyclic) bond motifs is 1. The highest BCUT2D eigenvalue weighted by molar-refractivity contribution is 6.31. The fourth-order valence-corrected chi connectivity index (χ4v) is 2.67. The zero-order chi connectivity index (χ0) is 13.2. The third-order valence-electron chi connectivity index (χ3n) is 3.49. The molecule has 0 spiro atoms. The maximum absolute atomic E-state index is 6.21. The summed E-state index contributed by atoms with van der Waals surface area (Å²) in [6.45, 7) is 4.75. The third-order valence-corrected chi connectivity index (χ3v) is 3.85. The number of halogens is 1. The van der Waals surface area contributed by atoms with E-state index in [0.29, 0.717) is 0 Å². The number of nitrogens with zero attached hydrogens (tertiary/aromatic N) is 3. The van der Waals surface area contributed by atoms with Crippen molar-refractivity contribution in [3.05, 3.63) is 58.1 Å². The third kappa shape index (κ3) is 2.77. The van der Waals surface area contributed by atoms with E-state index in [4.69, 9.17) is 11.6 Å². The molecule has 0 saturated heterocycles. The lowest BCUT2D eigenvalue weighted by molar-refractivity contribution is 0.242. The molecule has 1 aliphatic rings. The van der Waals surface area contributed by atoms with E-state index in [9.17, 15) is 0 Å². The maximum atomic E-state index is 6.21. The van der Waals surface area contributed by atoms with Crippen LogP contribution in [0.5, 0.6) is 0 Å². The Morgan fingerprint density at radius 2 is 2.16 bits per heavy atom. The van der Waals surface area contributed by atoms with Gasteiger partial charge in [0.1, 0.15) is 5.82 Å². The Balaban J connectivity index is 1.76. The van der Waals surface area contributed by atoms with Crippen LogP contribution in [0.4, 0.5) is 0 Å². The van der Waals surface area contributed by atoms with E-state index >= 15 is 0 Å². The zero-order valence-corrected chi connectivity index (χ0v) is 11.7. The second-order valence-electron chi connectivity index (χ2n) is 4.94. The van der Waals surface area contributed by atoms with Crippen LogP contribution in [-0.2, 0) is 19.5 Å². The first-order valence-corrected chi connectivity index (χ1v) is 6.87. The van der Waals surface area contributed by atoms with E-state index in [1.807, 2.05) is 31.3 Å². The van der Waals surface area contributed by atoms with E-state index < -0.39 is 0 Å². The van der Waals surface area contributed by atoms with Crippen molar-refractivity contribution in [3.8, 4) is 0 Å². The number of rotatable bonds is 2. The molecule has 0 aliphatic carbocycles. The molecule has 19 heavy (non-hydrogen) atoms. The zero-order valence-electron chi connectivity index (χ0n) is 10.9. The van der Waals surface area contributed by atoms with Crippen molar-refractivity contribution in [1.82, 2.24) is 14.9 Å². The number of benzene rings is 1. The molecule has 0 atom stereocenters.